The number of nitrogens with one attached hydrogen (secondary N) is 1. The number of nitrogens with zero attached hydrogens (tertiary/aromatic N) is 2. The highest BCUT2D eigenvalue weighted by Gasteiger charge is 2.26. The van der Waals surface area contributed by atoms with Crippen molar-refractivity contribution in [2.24, 2.45) is 0 Å². The van der Waals surface area contributed by atoms with E-state index in [4.69, 9.17) is 4.74 Å². The van der Waals surface area contributed by atoms with Gasteiger partial charge in [-0.25, -0.2) is 0 Å². The Morgan fingerprint density at radius 3 is 2.83 bits per heavy atom. The number of benzene rings is 1. The number of carbonyl (C=O) groups is 1. The van der Waals surface area contributed by atoms with Crippen molar-refractivity contribution in [1.82, 2.24) is 15.1 Å². The van der Waals surface area contributed by atoms with E-state index >= 15 is 0 Å². The molecule has 1 saturated heterocycles. The summed E-state index contributed by atoms with van der Waals surface area (Å²) < 4.78 is 6.44. The molecule has 0 radical (unpaired) electrons. The number of rotatable bonds is 5. The van der Waals surface area contributed by atoms with Crippen molar-refractivity contribution in [3.05, 3.63) is 51.8 Å². The molecule has 122 valence electrons. The van der Waals surface area contributed by atoms with Crippen LogP contribution in [0.4, 0.5) is 0 Å². The van der Waals surface area contributed by atoms with Crippen molar-refractivity contribution in [1.29, 1.82) is 0 Å². The maximum atomic E-state index is 12.9. The summed E-state index contributed by atoms with van der Waals surface area (Å²) in [6.45, 7) is 3.81. The molecule has 1 amide bonds. The van der Waals surface area contributed by atoms with E-state index in [1.807, 2.05) is 42.2 Å². The first-order valence-electron chi connectivity index (χ1n) is 7.80. The molecule has 3 rings (SSSR count). The van der Waals surface area contributed by atoms with Crippen LogP contribution in [0, 0.1) is 6.92 Å². The zero-order valence-corrected chi connectivity index (χ0v) is 14.7. The van der Waals surface area contributed by atoms with E-state index in [-0.39, 0.29) is 12.0 Å². The number of hydrogen-bond donors (Lipinski definition) is 1. The molecular weight excluding hydrogens is 358 g/mol. The first kappa shape index (κ1) is 16.2. The smallest absolute Gasteiger partial charge is 0.275 e. The Kier molecular flexibility index (Phi) is 5.13. The molecule has 1 aromatic heterocycles. The minimum absolute atomic E-state index is 0.0828. The number of H-pyrrole nitrogens is 1. The van der Waals surface area contributed by atoms with E-state index < -0.39 is 0 Å². The van der Waals surface area contributed by atoms with Crippen LogP contribution in [0.1, 0.15) is 34.6 Å². The highest BCUT2D eigenvalue weighted by Crippen LogP contribution is 2.22. The van der Waals surface area contributed by atoms with E-state index in [9.17, 15) is 4.79 Å². The van der Waals surface area contributed by atoms with Gasteiger partial charge in [-0.05, 0) is 41.3 Å². The third-order valence-corrected chi connectivity index (χ3v) is 5.00. The van der Waals surface area contributed by atoms with Gasteiger partial charge in [-0.1, -0.05) is 30.3 Å². The van der Waals surface area contributed by atoms with Gasteiger partial charge in [0.1, 0.15) is 0 Å². The Bertz CT molecular complexity index is 666. The van der Waals surface area contributed by atoms with Crippen LogP contribution in [-0.2, 0) is 11.3 Å². The topological polar surface area (TPSA) is 58.2 Å². The molecule has 6 heteroatoms. The Morgan fingerprint density at radius 1 is 1.43 bits per heavy atom. The lowest BCUT2D eigenvalue weighted by molar-refractivity contribution is 0.0502. The van der Waals surface area contributed by atoms with Crippen LogP contribution < -0.4 is 0 Å². The molecule has 2 aromatic rings. The largest absolute Gasteiger partial charge is 0.376 e. The Morgan fingerprint density at radius 2 is 2.22 bits per heavy atom. The number of aryl methyl sites for hydroxylation is 1. The van der Waals surface area contributed by atoms with E-state index in [2.05, 4.69) is 26.1 Å². The van der Waals surface area contributed by atoms with Gasteiger partial charge in [0.25, 0.3) is 5.91 Å². The molecule has 23 heavy (non-hydrogen) atoms. The number of aromatic amines is 1. The van der Waals surface area contributed by atoms with Crippen LogP contribution in [0.3, 0.4) is 0 Å². The van der Waals surface area contributed by atoms with Crippen LogP contribution >= 0.6 is 15.9 Å². The summed E-state index contributed by atoms with van der Waals surface area (Å²) in [6.07, 6.45) is 2.17. The zero-order chi connectivity index (χ0) is 16.2. The van der Waals surface area contributed by atoms with Crippen molar-refractivity contribution < 1.29 is 9.53 Å². The SMILES string of the molecule is Cc1[nH]nc(C(=O)N(Cc2ccccc2)CC2CCCO2)c1Br. The van der Waals surface area contributed by atoms with Gasteiger partial charge in [0.05, 0.1) is 10.6 Å². The Labute approximate surface area is 144 Å². The number of carbonyl (C=O) groups excluding carboxylic acids is 1. The summed E-state index contributed by atoms with van der Waals surface area (Å²) in [5.41, 5.74) is 2.38. The molecule has 0 spiro atoms. The van der Waals surface area contributed by atoms with Crippen molar-refractivity contribution in [3.8, 4) is 0 Å². The average Bonchev–Trinajstić information content (AvgIpc) is 3.18. The fourth-order valence-electron chi connectivity index (χ4n) is 2.76. The zero-order valence-electron chi connectivity index (χ0n) is 13.1. The predicted molar refractivity (Wildman–Crippen MR) is 91.2 cm³/mol. The van der Waals surface area contributed by atoms with Gasteiger partial charge >= 0.3 is 0 Å². The molecule has 1 unspecified atom stereocenters. The first-order chi connectivity index (χ1) is 11.1. The fraction of sp³-hybridized carbons (Fsp3) is 0.412. The molecule has 1 N–H and O–H groups in total. The van der Waals surface area contributed by atoms with Crippen molar-refractivity contribution in [2.75, 3.05) is 13.2 Å². The first-order valence-corrected chi connectivity index (χ1v) is 8.59. The van der Waals surface area contributed by atoms with Crippen LogP contribution in [0.5, 0.6) is 0 Å². The molecule has 0 saturated carbocycles. The van der Waals surface area contributed by atoms with Gasteiger partial charge in [0.15, 0.2) is 5.69 Å². The number of halogens is 1. The maximum absolute atomic E-state index is 12.9. The van der Waals surface area contributed by atoms with Gasteiger partial charge < -0.3 is 9.64 Å². The van der Waals surface area contributed by atoms with E-state index in [1.54, 1.807) is 0 Å². The second kappa shape index (κ2) is 7.27. The molecule has 1 aliphatic rings. The third kappa shape index (κ3) is 3.82. The summed E-state index contributed by atoms with van der Waals surface area (Å²) >= 11 is 3.44. The van der Waals surface area contributed by atoms with Gasteiger partial charge in [0, 0.05) is 25.4 Å². The van der Waals surface area contributed by atoms with E-state index in [0.717, 1.165) is 35.2 Å². The predicted octanol–water partition coefficient (Wildman–Crippen LogP) is 3.30. The molecule has 1 aliphatic heterocycles. The average molecular weight is 378 g/mol. The lowest BCUT2D eigenvalue weighted by Crippen LogP contribution is -2.37. The summed E-state index contributed by atoms with van der Waals surface area (Å²) in [5, 5.41) is 7.00. The summed E-state index contributed by atoms with van der Waals surface area (Å²) in [4.78, 5) is 14.8. The fourth-order valence-corrected chi connectivity index (χ4v) is 3.11. The molecule has 0 bridgehead atoms. The highest BCUT2D eigenvalue weighted by molar-refractivity contribution is 9.10. The normalized spacial score (nSPS) is 17.4. The molecular formula is C17H20BrN3O2. The van der Waals surface area contributed by atoms with Crippen LogP contribution in [0.25, 0.3) is 0 Å². The van der Waals surface area contributed by atoms with Gasteiger partial charge in [-0.3, -0.25) is 9.89 Å². The monoisotopic (exact) mass is 377 g/mol. The van der Waals surface area contributed by atoms with Gasteiger partial charge in [0.2, 0.25) is 0 Å². The highest BCUT2D eigenvalue weighted by atomic mass is 79.9. The summed E-state index contributed by atoms with van der Waals surface area (Å²) in [7, 11) is 0. The minimum Gasteiger partial charge on any atom is -0.376 e. The van der Waals surface area contributed by atoms with Gasteiger partial charge in [-0.2, -0.15) is 5.10 Å². The van der Waals surface area contributed by atoms with Crippen LogP contribution in [0.15, 0.2) is 34.8 Å². The third-order valence-electron chi connectivity index (χ3n) is 4.03. The lowest BCUT2D eigenvalue weighted by atomic mass is 10.1. The number of hydrogen-bond acceptors (Lipinski definition) is 3. The van der Waals surface area contributed by atoms with Crippen LogP contribution in [0.2, 0.25) is 0 Å². The number of aromatic nitrogens is 2. The molecule has 5 nitrogen and oxygen atoms in total. The maximum Gasteiger partial charge on any atom is 0.275 e. The molecule has 0 aliphatic carbocycles. The molecule has 1 atom stereocenters. The quantitative estimate of drug-likeness (QED) is 0.869. The number of amides is 1. The van der Waals surface area contributed by atoms with Crippen LogP contribution in [-0.4, -0.2) is 40.3 Å². The van der Waals surface area contributed by atoms with Crippen molar-refractivity contribution >= 4 is 21.8 Å². The van der Waals surface area contributed by atoms with Crippen molar-refractivity contribution in [3.63, 3.8) is 0 Å². The molecule has 2 heterocycles. The Balaban J connectivity index is 1.81. The standard InChI is InChI=1S/C17H20BrN3O2/c1-12-15(18)16(20-19-12)17(22)21(11-14-8-5-9-23-14)10-13-6-3-2-4-7-13/h2-4,6-7,14H,5,8-11H2,1H3,(H,19,20). The molecule has 1 fully saturated rings. The van der Waals surface area contributed by atoms with E-state index in [0.29, 0.717) is 18.8 Å². The molecule has 1 aromatic carbocycles. The van der Waals surface area contributed by atoms with Crippen molar-refractivity contribution in [2.45, 2.75) is 32.4 Å². The van der Waals surface area contributed by atoms with Gasteiger partial charge in [-0.15, -0.1) is 0 Å². The lowest BCUT2D eigenvalue weighted by Gasteiger charge is -2.25. The number of ether oxygens (including phenoxy) is 1. The summed E-state index contributed by atoms with van der Waals surface area (Å²) in [5.74, 6) is -0.0828. The Hall–Kier alpha value is -1.66. The minimum atomic E-state index is -0.0828. The second-order valence-electron chi connectivity index (χ2n) is 5.82. The summed E-state index contributed by atoms with van der Waals surface area (Å²) in [6, 6.07) is 10.0. The second-order valence-corrected chi connectivity index (χ2v) is 6.61. The van der Waals surface area contributed by atoms with E-state index in [1.165, 1.54) is 0 Å².